The van der Waals surface area contributed by atoms with Crippen molar-refractivity contribution in [3.8, 4) is 0 Å². The number of nitrogens with zero attached hydrogens (tertiary/aromatic N) is 3. The highest BCUT2D eigenvalue weighted by molar-refractivity contribution is 5.78. The first-order chi connectivity index (χ1) is 11.3. The van der Waals surface area contributed by atoms with Crippen molar-refractivity contribution in [3.05, 3.63) is 35.9 Å². The molecule has 132 valence electrons. The van der Waals surface area contributed by atoms with Gasteiger partial charge in [0, 0.05) is 32.7 Å². The number of aliphatic imine (C=N–C) groups is 1. The van der Waals surface area contributed by atoms with Crippen LogP contribution in [0.15, 0.2) is 35.3 Å². The van der Waals surface area contributed by atoms with E-state index in [4.69, 9.17) is 10.5 Å². The molecule has 0 bridgehead atoms. The lowest BCUT2D eigenvalue weighted by atomic mass is 10.2. The Morgan fingerprint density at radius 2 is 1.71 bits per heavy atom. The fourth-order valence-electron chi connectivity index (χ4n) is 2.49. The Morgan fingerprint density at radius 3 is 2.29 bits per heavy atom. The summed E-state index contributed by atoms with van der Waals surface area (Å²) in [5.41, 5.74) is 6.86. The van der Waals surface area contributed by atoms with Crippen LogP contribution in [0.5, 0.6) is 0 Å². The number of ether oxygens (including phenoxy) is 1. The summed E-state index contributed by atoms with van der Waals surface area (Å²) >= 11 is 0. The van der Waals surface area contributed by atoms with Gasteiger partial charge in [-0.25, -0.2) is 4.79 Å². The molecule has 1 aliphatic heterocycles. The van der Waals surface area contributed by atoms with E-state index < -0.39 is 5.60 Å². The van der Waals surface area contributed by atoms with Gasteiger partial charge >= 0.3 is 6.09 Å². The zero-order valence-electron chi connectivity index (χ0n) is 14.9. The topological polar surface area (TPSA) is 71.2 Å². The van der Waals surface area contributed by atoms with Gasteiger partial charge in [-0.3, -0.25) is 4.99 Å². The lowest BCUT2D eigenvalue weighted by Crippen LogP contribution is -2.53. The first-order valence-electron chi connectivity index (χ1n) is 8.42. The fourth-order valence-corrected chi connectivity index (χ4v) is 2.49. The van der Waals surface area contributed by atoms with E-state index in [0.717, 1.165) is 6.42 Å². The van der Waals surface area contributed by atoms with Gasteiger partial charge < -0.3 is 20.3 Å². The van der Waals surface area contributed by atoms with Crippen LogP contribution < -0.4 is 5.73 Å². The molecule has 1 aliphatic rings. The van der Waals surface area contributed by atoms with Gasteiger partial charge in [0.25, 0.3) is 0 Å². The van der Waals surface area contributed by atoms with Crippen LogP contribution >= 0.6 is 0 Å². The molecule has 1 saturated heterocycles. The van der Waals surface area contributed by atoms with Crippen molar-refractivity contribution in [1.82, 2.24) is 9.80 Å². The molecule has 0 spiro atoms. The molecular formula is C18H28N4O2. The maximum Gasteiger partial charge on any atom is 0.410 e. The molecule has 1 fully saturated rings. The summed E-state index contributed by atoms with van der Waals surface area (Å²) in [5.74, 6) is 0.551. The highest BCUT2D eigenvalue weighted by Crippen LogP contribution is 2.11. The highest BCUT2D eigenvalue weighted by Gasteiger charge is 2.26. The van der Waals surface area contributed by atoms with Gasteiger partial charge in [0.15, 0.2) is 5.96 Å². The number of hydrogen-bond donors (Lipinski definition) is 1. The Morgan fingerprint density at radius 1 is 1.12 bits per heavy atom. The second kappa shape index (κ2) is 8.04. The molecule has 0 saturated carbocycles. The van der Waals surface area contributed by atoms with Gasteiger partial charge in [-0.1, -0.05) is 30.3 Å². The summed E-state index contributed by atoms with van der Waals surface area (Å²) in [6, 6.07) is 10.2. The van der Waals surface area contributed by atoms with Crippen LogP contribution in [-0.2, 0) is 11.2 Å². The minimum absolute atomic E-state index is 0.262. The van der Waals surface area contributed by atoms with E-state index in [1.165, 1.54) is 5.56 Å². The predicted molar refractivity (Wildman–Crippen MR) is 96.0 cm³/mol. The zero-order chi connectivity index (χ0) is 17.6. The molecule has 0 radical (unpaired) electrons. The predicted octanol–water partition coefficient (Wildman–Crippen LogP) is 2.10. The number of carbonyl (C=O) groups excluding carboxylic acids is 1. The van der Waals surface area contributed by atoms with E-state index in [2.05, 4.69) is 17.1 Å². The van der Waals surface area contributed by atoms with Gasteiger partial charge in [-0.2, -0.15) is 0 Å². The highest BCUT2D eigenvalue weighted by atomic mass is 16.6. The van der Waals surface area contributed by atoms with Crippen LogP contribution in [0, 0.1) is 0 Å². The number of benzene rings is 1. The van der Waals surface area contributed by atoms with Crippen LogP contribution in [-0.4, -0.2) is 60.2 Å². The van der Waals surface area contributed by atoms with E-state index in [0.29, 0.717) is 38.7 Å². The van der Waals surface area contributed by atoms with Crippen molar-refractivity contribution in [1.29, 1.82) is 0 Å². The SMILES string of the molecule is CC(C)(C)OC(=O)N1CCN(C(N)=NCCc2ccccc2)CC1. The number of piperazine rings is 1. The van der Waals surface area contributed by atoms with E-state index in [-0.39, 0.29) is 6.09 Å². The Kier molecular flexibility index (Phi) is 6.06. The lowest BCUT2D eigenvalue weighted by molar-refractivity contribution is 0.0186. The Hall–Kier alpha value is -2.24. The molecule has 1 amide bonds. The van der Waals surface area contributed by atoms with Crippen LogP contribution in [0.1, 0.15) is 26.3 Å². The van der Waals surface area contributed by atoms with E-state index >= 15 is 0 Å². The Bertz CT molecular complexity index is 558. The molecule has 2 N–H and O–H groups in total. The molecule has 0 aromatic heterocycles. The molecule has 2 rings (SSSR count). The van der Waals surface area contributed by atoms with Crippen molar-refractivity contribution in [2.75, 3.05) is 32.7 Å². The molecule has 6 heteroatoms. The molecule has 1 heterocycles. The zero-order valence-corrected chi connectivity index (χ0v) is 14.9. The molecular weight excluding hydrogens is 304 g/mol. The maximum absolute atomic E-state index is 12.0. The number of guanidine groups is 1. The standard InChI is InChI=1S/C18H28N4O2/c1-18(2,3)24-17(23)22-13-11-21(12-14-22)16(19)20-10-9-15-7-5-4-6-8-15/h4-8H,9-14H2,1-3H3,(H2,19,20). The first-order valence-corrected chi connectivity index (χ1v) is 8.42. The van der Waals surface area contributed by atoms with E-state index in [1.807, 2.05) is 43.9 Å². The summed E-state index contributed by atoms with van der Waals surface area (Å²) in [7, 11) is 0. The van der Waals surface area contributed by atoms with Crippen LogP contribution in [0.4, 0.5) is 4.79 Å². The summed E-state index contributed by atoms with van der Waals surface area (Å²) in [6.45, 7) is 8.85. The maximum atomic E-state index is 12.0. The Balaban J connectivity index is 1.76. The van der Waals surface area contributed by atoms with Crippen molar-refractivity contribution in [2.45, 2.75) is 32.8 Å². The second-order valence-electron chi connectivity index (χ2n) is 6.93. The Labute approximate surface area is 144 Å². The lowest BCUT2D eigenvalue weighted by Gasteiger charge is -2.36. The number of rotatable bonds is 3. The molecule has 24 heavy (non-hydrogen) atoms. The minimum atomic E-state index is -0.466. The van der Waals surface area contributed by atoms with Crippen molar-refractivity contribution in [3.63, 3.8) is 0 Å². The smallest absolute Gasteiger partial charge is 0.410 e. The van der Waals surface area contributed by atoms with E-state index in [1.54, 1.807) is 4.90 Å². The normalized spacial score (nSPS) is 16.2. The molecule has 1 aromatic rings. The summed E-state index contributed by atoms with van der Waals surface area (Å²) in [5, 5.41) is 0. The third-order valence-corrected chi connectivity index (χ3v) is 3.77. The number of nitrogens with two attached hydrogens (primary N) is 1. The van der Waals surface area contributed by atoms with Gasteiger partial charge in [0.1, 0.15) is 5.60 Å². The van der Waals surface area contributed by atoms with Gasteiger partial charge in [-0.15, -0.1) is 0 Å². The van der Waals surface area contributed by atoms with Crippen LogP contribution in [0.2, 0.25) is 0 Å². The second-order valence-corrected chi connectivity index (χ2v) is 6.93. The van der Waals surface area contributed by atoms with Gasteiger partial charge in [0.2, 0.25) is 0 Å². The minimum Gasteiger partial charge on any atom is -0.444 e. The summed E-state index contributed by atoms with van der Waals surface area (Å²) in [6.07, 6.45) is 0.612. The van der Waals surface area contributed by atoms with Crippen LogP contribution in [0.25, 0.3) is 0 Å². The number of carbonyl (C=O) groups is 1. The monoisotopic (exact) mass is 332 g/mol. The quantitative estimate of drug-likeness (QED) is 0.680. The van der Waals surface area contributed by atoms with Crippen molar-refractivity contribution >= 4 is 12.1 Å². The number of amides is 1. The summed E-state index contributed by atoms with van der Waals surface area (Å²) < 4.78 is 5.39. The van der Waals surface area contributed by atoms with Gasteiger partial charge in [0.05, 0.1) is 0 Å². The number of hydrogen-bond acceptors (Lipinski definition) is 3. The van der Waals surface area contributed by atoms with Crippen molar-refractivity contribution in [2.24, 2.45) is 10.7 Å². The largest absolute Gasteiger partial charge is 0.444 e. The summed E-state index contributed by atoms with van der Waals surface area (Å²) in [4.78, 5) is 20.2. The molecule has 1 aromatic carbocycles. The fraction of sp³-hybridized carbons (Fsp3) is 0.556. The van der Waals surface area contributed by atoms with Gasteiger partial charge in [-0.05, 0) is 32.8 Å². The first kappa shape index (κ1) is 18.1. The molecule has 0 atom stereocenters. The third-order valence-electron chi connectivity index (χ3n) is 3.77. The van der Waals surface area contributed by atoms with Crippen molar-refractivity contribution < 1.29 is 9.53 Å². The average Bonchev–Trinajstić information content (AvgIpc) is 2.54. The average molecular weight is 332 g/mol. The molecule has 0 unspecified atom stereocenters. The van der Waals surface area contributed by atoms with E-state index in [9.17, 15) is 4.79 Å². The molecule has 6 nitrogen and oxygen atoms in total. The third kappa shape index (κ3) is 5.76. The molecule has 0 aliphatic carbocycles. The van der Waals surface area contributed by atoms with Crippen LogP contribution in [0.3, 0.4) is 0 Å².